The summed E-state index contributed by atoms with van der Waals surface area (Å²) in [5.74, 6) is -2.43. The van der Waals surface area contributed by atoms with Crippen LogP contribution in [-0.2, 0) is 23.9 Å². The van der Waals surface area contributed by atoms with Crippen LogP contribution in [0.5, 0.6) is 0 Å². The number of anilines is 1. The predicted octanol–water partition coefficient (Wildman–Crippen LogP) is 3.17. The first kappa shape index (κ1) is 27.3. The third-order valence-electron chi connectivity index (χ3n) is 8.17. The molecule has 3 fully saturated rings. The van der Waals surface area contributed by atoms with Gasteiger partial charge in [0.2, 0.25) is 5.91 Å². The van der Waals surface area contributed by atoms with Crippen LogP contribution in [0.3, 0.4) is 0 Å². The fraction of sp³-hybridized carbons (Fsp3) is 0.621. The van der Waals surface area contributed by atoms with Gasteiger partial charge in [0.1, 0.15) is 11.6 Å². The Morgan fingerprint density at radius 2 is 2.00 bits per heavy atom. The van der Waals surface area contributed by atoms with E-state index in [0.717, 1.165) is 16.8 Å². The van der Waals surface area contributed by atoms with Crippen molar-refractivity contribution < 1.29 is 29.0 Å². The van der Waals surface area contributed by atoms with Crippen molar-refractivity contribution in [2.45, 2.75) is 77.7 Å². The average molecular weight is 513 g/mol. The molecule has 2 bridgehead atoms. The van der Waals surface area contributed by atoms with E-state index in [1.54, 1.807) is 22.8 Å². The number of rotatable bonds is 10. The van der Waals surface area contributed by atoms with E-state index in [2.05, 4.69) is 6.58 Å². The van der Waals surface area contributed by atoms with Crippen LogP contribution in [0.15, 0.2) is 30.9 Å². The summed E-state index contributed by atoms with van der Waals surface area (Å²) >= 11 is 0. The van der Waals surface area contributed by atoms with Crippen LogP contribution in [0.2, 0.25) is 0 Å². The number of hydrogen-bond donors (Lipinski definition) is 1. The Morgan fingerprint density at radius 3 is 2.57 bits per heavy atom. The molecule has 0 aliphatic carbocycles. The molecular weight excluding hydrogens is 472 g/mol. The molecule has 0 saturated carbocycles. The van der Waals surface area contributed by atoms with Gasteiger partial charge < -0.3 is 24.4 Å². The fourth-order valence-corrected chi connectivity index (χ4v) is 6.89. The molecule has 0 unspecified atom stereocenters. The van der Waals surface area contributed by atoms with Gasteiger partial charge in [0.05, 0.1) is 37.2 Å². The highest BCUT2D eigenvalue weighted by atomic mass is 16.6. The van der Waals surface area contributed by atoms with Crippen LogP contribution < -0.4 is 4.90 Å². The summed E-state index contributed by atoms with van der Waals surface area (Å²) < 4.78 is 11.9. The summed E-state index contributed by atoms with van der Waals surface area (Å²) in [6.07, 6.45) is 2.80. The Labute approximate surface area is 219 Å². The topological polar surface area (TPSA) is 96.4 Å². The molecule has 202 valence electrons. The van der Waals surface area contributed by atoms with Gasteiger partial charge in [-0.25, -0.2) is 0 Å². The van der Waals surface area contributed by atoms with Gasteiger partial charge in [-0.2, -0.15) is 0 Å². The van der Waals surface area contributed by atoms with Gasteiger partial charge in [-0.3, -0.25) is 14.4 Å². The van der Waals surface area contributed by atoms with E-state index < -0.39 is 41.6 Å². The number of ether oxygens (including phenoxy) is 2. The molecule has 3 aliphatic heterocycles. The van der Waals surface area contributed by atoms with Crippen LogP contribution in [0.25, 0.3) is 0 Å². The molecule has 6 atom stereocenters. The van der Waals surface area contributed by atoms with Gasteiger partial charge in [-0.05, 0) is 57.1 Å². The number of amides is 2. The molecule has 3 aliphatic rings. The van der Waals surface area contributed by atoms with E-state index in [4.69, 9.17) is 9.47 Å². The minimum Gasteiger partial charge on any atom is -0.466 e. The lowest BCUT2D eigenvalue weighted by atomic mass is 9.70. The van der Waals surface area contributed by atoms with E-state index in [1.807, 2.05) is 45.9 Å². The molecule has 37 heavy (non-hydrogen) atoms. The number of hydrogen-bond acceptors (Lipinski definition) is 6. The highest BCUT2D eigenvalue weighted by Gasteiger charge is 2.75. The molecule has 3 heterocycles. The Balaban J connectivity index is 1.86. The maximum absolute atomic E-state index is 14.6. The molecule has 1 aromatic rings. The van der Waals surface area contributed by atoms with E-state index >= 15 is 0 Å². The third kappa shape index (κ3) is 4.38. The number of aryl methyl sites for hydroxylation is 2. The van der Waals surface area contributed by atoms with E-state index in [0.29, 0.717) is 19.3 Å². The summed E-state index contributed by atoms with van der Waals surface area (Å²) in [5.41, 5.74) is 1.50. The van der Waals surface area contributed by atoms with Crippen LogP contribution >= 0.6 is 0 Å². The summed E-state index contributed by atoms with van der Waals surface area (Å²) in [6.45, 7) is 13.7. The quantitative estimate of drug-likeness (QED) is 0.382. The first-order chi connectivity index (χ1) is 17.6. The van der Waals surface area contributed by atoms with E-state index in [1.165, 1.54) is 0 Å². The highest BCUT2D eigenvalue weighted by Crippen LogP contribution is 2.59. The Kier molecular flexibility index (Phi) is 7.81. The van der Waals surface area contributed by atoms with Crippen molar-refractivity contribution >= 4 is 23.5 Å². The van der Waals surface area contributed by atoms with Crippen molar-refractivity contribution in [3.63, 3.8) is 0 Å². The van der Waals surface area contributed by atoms with Gasteiger partial charge in [-0.1, -0.05) is 38.1 Å². The number of benzene rings is 1. The zero-order chi connectivity index (χ0) is 27.1. The lowest BCUT2D eigenvalue weighted by Crippen LogP contribution is -2.59. The first-order valence-corrected chi connectivity index (χ1v) is 13.4. The molecule has 1 N–H and O–H groups in total. The zero-order valence-electron chi connectivity index (χ0n) is 22.6. The van der Waals surface area contributed by atoms with Crippen LogP contribution in [0, 0.1) is 31.6 Å². The van der Waals surface area contributed by atoms with Gasteiger partial charge in [-0.15, -0.1) is 6.58 Å². The lowest BCUT2D eigenvalue weighted by molar-refractivity contribution is -0.155. The normalized spacial score (nSPS) is 28.9. The molecule has 4 rings (SSSR count). The van der Waals surface area contributed by atoms with Crippen molar-refractivity contribution in [1.29, 1.82) is 0 Å². The maximum atomic E-state index is 14.6. The number of likely N-dealkylation sites (tertiary alicyclic amines) is 1. The molecule has 3 saturated heterocycles. The van der Waals surface area contributed by atoms with Gasteiger partial charge >= 0.3 is 5.97 Å². The molecule has 0 aromatic heterocycles. The largest absolute Gasteiger partial charge is 0.466 e. The Morgan fingerprint density at radius 1 is 1.32 bits per heavy atom. The van der Waals surface area contributed by atoms with Crippen LogP contribution in [-0.4, -0.2) is 71.3 Å². The number of fused-ring (bicyclic) bond motifs is 1. The summed E-state index contributed by atoms with van der Waals surface area (Å²) in [4.78, 5) is 45.1. The highest BCUT2D eigenvalue weighted by molar-refractivity contribution is 6.05. The number of esters is 1. The standard InChI is InChI=1S/C29H40N2O6/c1-7-14-30(24-18(5)10-9-11-19(24)6)27(34)25-29-13-12-21(37-29)22(28(35)36-8-2)23(29)26(33)31(25)20(16-32)15-17(3)4/h7,9-11,17,20-23,25,32H,1,8,12-16H2,2-6H3/t20-,21-,22+,23+,25-,29+/m1/s1. The molecular formula is C29H40N2O6. The number of para-hydroxylation sites is 1. The van der Waals surface area contributed by atoms with E-state index in [9.17, 15) is 19.5 Å². The van der Waals surface area contributed by atoms with Crippen molar-refractivity contribution in [3.05, 3.63) is 42.0 Å². The van der Waals surface area contributed by atoms with Gasteiger partial charge in [0.25, 0.3) is 5.91 Å². The second kappa shape index (κ2) is 10.6. The van der Waals surface area contributed by atoms with Crippen molar-refractivity contribution in [2.75, 3.05) is 24.7 Å². The predicted molar refractivity (Wildman–Crippen MR) is 140 cm³/mol. The fourth-order valence-electron chi connectivity index (χ4n) is 6.89. The summed E-state index contributed by atoms with van der Waals surface area (Å²) in [7, 11) is 0. The van der Waals surface area contributed by atoms with E-state index in [-0.39, 0.29) is 37.5 Å². The second-order valence-corrected chi connectivity index (χ2v) is 11.0. The SMILES string of the molecule is C=CCN(C(=O)[C@H]1N([C@@H](CO)CC(C)C)C(=O)[C@@H]2[C@@H](C(=O)OCC)[C@H]3CC[C@]21O3)c1c(C)cccc1C. The molecule has 8 heteroatoms. The minimum absolute atomic E-state index is 0.180. The lowest BCUT2D eigenvalue weighted by Gasteiger charge is -2.40. The van der Waals surface area contributed by atoms with Crippen LogP contribution in [0.1, 0.15) is 51.2 Å². The molecule has 1 aromatic carbocycles. The van der Waals surface area contributed by atoms with Crippen molar-refractivity contribution in [3.8, 4) is 0 Å². The van der Waals surface area contributed by atoms with Crippen LogP contribution in [0.4, 0.5) is 5.69 Å². The van der Waals surface area contributed by atoms with Crippen molar-refractivity contribution in [1.82, 2.24) is 4.90 Å². The smallest absolute Gasteiger partial charge is 0.312 e. The summed E-state index contributed by atoms with van der Waals surface area (Å²) in [5, 5.41) is 10.4. The molecule has 2 amide bonds. The minimum atomic E-state index is -1.14. The summed E-state index contributed by atoms with van der Waals surface area (Å²) in [6, 6.07) is 4.31. The molecule has 1 spiro atoms. The maximum Gasteiger partial charge on any atom is 0.312 e. The number of aliphatic hydroxyl groups excluding tert-OH is 1. The number of aliphatic hydroxyl groups is 1. The number of carbonyl (C=O) groups excluding carboxylic acids is 3. The molecule has 8 nitrogen and oxygen atoms in total. The Bertz CT molecular complexity index is 1050. The number of nitrogens with zero attached hydrogens (tertiary/aromatic N) is 2. The number of carbonyl (C=O) groups is 3. The Hall–Kier alpha value is -2.71. The monoisotopic (exact) mass is 512 g/mol. The zero-order valence-corrected chi connectivity index (χ0v) is 22.6. The molecule has 0 radical (unpaired) electrons. The van der Waals surface area contributed by atoms with Gasteiger partial charge in [0.15, 0.2) is 0 Å². The average Bonchev–Trinajstić information content (AvgIpc) is 3.49. The first-order valence-electron chi connectivity index (χ1n) is 13.4. The second-order valence-electron chi connectivity index (χ2n) is 11.0. The van der Waals surface area contributed by atoms with Crippen molar-refractivity contribution in [2.24, 2.45) is 17.8 Å². The van der Waals surface area contributed by atoms with Gasteiger partial charge in [0, 0.05) is 12.2 Å². The third-order valence-corrected chi connectivity index (χ3v) is 8.17.